The summed E-state index contributed by atoms with van der Waals surface area (Å²) in [6.45, 7) is 2.99. The third-order valence-electron chi connectivity index (χ3n) is 3.10. The number of benzene rings is 1. The van der Waals surface area contributed by atoms with Crippen LogP contribution in [0.25, 0.3) is 0 Å². The van der Waals surface area contributed by atoms with Crippen LogP contribution in [0.1, 0.15) is 18.4 Å². The third kappa shape index (κ3) is 1.99. The minimum Gasteiger partial charge on any atom is -0.497 e. The van der Waals surface area contributed by atoms with Crippen molar-refractivity contribution < 1.29 is 4.74 Å². The quantitative estimate of drug-likeness (QED) is 0.855. The lowest BCUT2D eigenvalue weighted by molar-refractivity contribution is 0.413. The first-order chi connectivity index (χ1) is 7.26. The number of ether oxygens (including phenoxy) is 1. The average molecular weight is 223 g/mol. The Bertz CT molecular complexity index is 353. The van der Waals surface area contributed by atoms with E-state index in [4.69, 9.17) is 10.5 Å². The van der Waals surface area contributed by atoms with Gasteiger partial charge >= 0.3 is 0 Å². The molecule has 1 aliphatic heterocycles. The van der Waals surface area contributed by atoms with Gasteiger partial charge in [-0.15, -0.1) is 11.8 Å². The maximum Gasteiger partial charge on any atom is 0.119 e. The Morgan fingerprint density at radius 1 is 1.60 bits per heavy atom. The van der Waals surface area contributed by atoms with Crippen LogP contribution in [0.2, 0.25) is 0 Å². The fourth-order valence-electron chi connectivity index (χ4n) is 1.98. The molecule has 0 spiro atoms. The van der Waals surface area contributed by atoms with Crippen molar-refractivity contribution in [2.24, 2.45) is 11.7 Å². The maximum absolute atomic E-state index is 5.73. The number of thioether (sulfide) groups is 1. The summed E-state index contributed by atoms with van der Waals surface area (Å²) in [5.41, 5.74) is 7.17. The highest BCUT2D eigenvalue weighted by molar-refractivity contribution is 7.99. The van der Waals surface area contributed by atoms with Crippen molar-refractivity contribution in [3.05, 3.63) is 23.8 Å². The molecule has 0 bridgehead atoms. The van der Waals surface area contributed by atoms with E-state index >= 15 is 0 Å². The van der Waals surface area contributed by atoms with Gasteiger partial charge in [0.15, 0.2) is 0 Å². The second-order valence-corrected chi connectivity index (χ2v) is 5.10. The zero-order chi connectivity index (χ0) is 10.8. The molecule has 0 aromatic heterocycles. The third-order valence-corrected chi connectivity index (χ3v) is 4.29. The van der Waals surface area contributed by atoms with Gasteiger partial charge in [0.05, 0.1) is 7.11 Å². The summed E-state index contributed by atoms with van der Waals surface area (Å²) < 4.78 is 5.22. The normalized spacial score (nSPS) is 21.1. The van der Waals surface area contributed by atoms with E-state index in [1.807, 2.05) is 17.8 Å². The SMILES string of the molecule is COc1ccc2c(c1)SCC2C(C)CN. The van der Waals surface area contributed by atoms with Crippen LogP contribution in [0.15, 0.2) is 23.1 Å². The number of rotatable bonds is 3. The molecule has 0 amide bonds. The van der Waals surface area contributed by atoms with Crippen molar-refractivity contribution in [3.8, 4) is 5.75 Å². The van der Waals surface area contributed by atoms with Crippen molar-refractivity contribution in [3.63, 3.8) is 0 Å². The molecule has 2 N–H and O–H groups in total. The fraction of sp³-hybridized carbons (Fsp3) is 0.500. The first-order valence-corrected chi connectivity index (χ1v) is 6.25. The van der Waals surface area contributed by atoms with E-state index in [-0.39, 0.29) is 0 Å². The molecule has 0 saturated heterocycles. The van der Waals surface area contributed by atoms with Gasteiger partial charge in [0.2, 0.25) is 0 Å². The van der Waals surface area contributed by atoms with Crippen LogP contribution in [0.5, 0.6) is 5.75 Å². The largest absolute Gasteiger partial charge is 0.497 e. The number of hydrogen-bond donors (Lipinski definition) is 1. The molecule has 15 heavy (non-hydrogen) atoms. The minimum absolute atomic E-state index is 0.562. The van der Waals surface area contributed by atoms with Gasteiger partial charge in [0.1, 0.15) is 5.75 Å². The molecule has 1 heterocycles. The van der Waals surface area contributed by atoms with E-state index < -0.39 is 0 Å². The van der Waals surface area contributed by atoms with Crippen molar-refractivity contribution >= 4 is 11.8 Å². The lowest BCUT2D eigenvalue weighted by Crippen LogP contribution is -2.18. The van der Waals surface area contributed by atoms with Gasteiger partial charge in [0, 0.05) is 10.6 Å². The van der Waals surface area contributed by atoms with Gasteiger partial charge < -0.3 is 10.5 Å². The maximum atomic E-state index is 5.73. The zero-order valence-electron chi connectivity index (χ0n) is 9.19. The Labute approximate surface area is 95.2 Å². The lowest BCUT2D eigenvalue weighted by Gasteiger charge is -2.17. The Kier molecular flexibility index (Phi) is 3.22. The Morgan fingerprint density at radius 2 is 2.40 bits per heavy atom. The van der Waals surface area contributed by atoms with Crippen molar-refractivity contribution in [2.45, 2.75) is 17.7 Å². The number of methoxy groups -OCH3 is 1. The molecule has 0 fully saturated rings. The first kappa shape index (κ1) is 10.8. The summed E-state index contributed by atoms with van der Waals surface area (Å²) in [5, 5.41) is 0. The molecule has 2 unspecified atom stereocenters. The Balaban J connectivity index is 2.28. The predicted octanol–water partition coefficient (Wildman–Crippen LogP) is 2.48. The summed E-state index contributed by atoms with van der Waals surface area (Å²) in [4.78, 5) is 1.36. The van der Waals surface area contributed by atoms with Gasteiger partial charge in [0.25, 0.3) is 0 Å². The summed E-state index contributed by atoms with van der Waals surface area (Å²) >= 11 is 1.91. The molecule has 2 atom stereocenters. The van der Waals surface area contributed by atoms with Crippen LogP contribution >= 0.6 is 11.8 Å². The lowest BCUT2D eigenvalue weighted by atomic mass is 9.89. The highest BCUT2D eigenvalue weighted by Gasteiger charge is 2.27. The smallest absolute Gasteiger partial charge is 0.119 e. The van der Waals surface area contributed by atoms with Gasteiger partial charge in [-0.05, 0) is 36.1 Å². The van der Waals surface area contributed by atoms with E-state index in [0.29, 0.717) is 11.8 Å². The van der Waals surface area contributed by atoms with Crippen LogP contribution in [-0.2, 0) is 0 Å². The molecule has 0 saturated carbocycles. The molecule has 1 aromatic rings. The molecular weight excluding hydrogens is 206 g/mol. The molecule has 2 rings (SSSR count). The second-order valence-electron chi connectivity index (χ2n) is 4.03. The molecule has 2 nitrogen and oxygen atoms in total. The fourth-order valence-corrected chi connectivity index (χ4v) is 3.43. The topological polar surface area (TPSA) is 35.2 Å². The molecule has 3 heteroatoms. The highest BCUT2D eigenvalue weighted by atomic mass is 32.2. The van der Waals surface area contributed by atoms with E-state index in [2.05, 4.69) is 19.1 Å². The average Bonchev–Trinajstić information content (AvgIpc) is 2.70. The van der Waals surface area contributed by atoms with Gasteiger partial charge in [-0.25, -0.2) is 0 Å². The predicted molar refractivity (Wildman–Crippen MR) is 64.7 cm³/mol. The van der Waals surface area contributed by atoms with Crippen LogP contribution < -0.4 is 10.5 Å². The highest BCUT2D eigenvalue weighted by Crippen LogP contribution is 2.44. The van der Waals surface area contributed by atoms with E-state index in [9.17, 15) is 0 Å². The second kappa shape index (κ2) is 4.45. The molecule has 0 radical (unpaired) electrons. The van der Waals surface area contributed by atoms with Crippen LogP contribution in [0.4, 0.5) is 0 Å². The Hall–Kier alpha value is -0.670. The van der Waals surface area contributed by atoms with Crippen molar-refractivity contribution in [1.82, 2.24) is 0 Å². The molecule has 1 aromatic carbocycles. The summed E-state index contributed by atoms with van der Waals surface area (Å²) in [5.74, 6) is 3.27. The minimum atomic E-state index is 0.562. The van der Waals surface area contributed by atoms with Gasteiger partial charge in [-0.1, -0.05) is 13.0 Å². The molecule has 1 aliphatic rings. The first-order valence-electron chi connectivity index (χ1n) is 5.27. The zero-order valence-corrected chi connectivity index (χ0v) is 10.0. The van der Waals surface area contributed by atoms with Gasteiger partial charge in [-0.2, -0.15) is 0 Å². The van der Waals surface area contributed by atoms with Crippen LogP contribution in [-0.4, -0.2) is 19.4 Å². The molecule has 0 aliphatic carbocycles. The standard InChI is InChI=1S/C12H17NOS/c1-8(6-13)11-7-15-12-5-9(14-2)3-4-10(11)12/h3-5,8,11H,6-7,13H2,1-2H3. The van der Waals surface area contributed by atoms with Crippen LogP contribution in [0, 0.1) is 5.92 Å². The molecule has 82 valence electrons. The van der Waals surface area contributed by atoms with Crippen molar-refractivity contribution in [1.29, 1.82) is 0 Å². The number of fused-ring (bicyclic) bond motifs is 1. The van der Waals surface area contributed by atoms with E-state index in [0.717, 1.165) is 18.0 Å². The molecular formula is C12H17NOS. The van der Waals surface area contributed by atoms with Crippen molar-refractivity contribution in [2.75, 3.05) is 19.4 Å². The number of nitrogens with two attached hydrogens (primary N) is 1. The number of hydrogen-bond acceptors (Lipinski definition) is 3. The van der Waals surface area contributed by atoms with Gasteiger partial charge in [-0.3, -0.25) is 0 Å². The van der Waals surface area contributed by atoms with E-state index in [1.54, 1.807) is 7.11 Å². The summed E-state index contributed by atoms with van der Waals surface area (Å²) in [7, 11) is 1.71. The Morgan fingerprint density at radius 3 is 3.07 bits per heavy atom. The monoisotopic (exact) mass is 223 g/mol. The van der Waals surface area contributed by atoms with E-state index in [1.165, 1.54) is 10.5 Å². The summed E-state index contributed by atoms with van der Waals surface area (Å²) in [6.07, 6.45) is 0. The van der Waals surface area contributed by atoms with Crippen LogP contribution in [0.3, 0.4) is 0 Å². The summed E-state index contributed by atoms with van der Waals surface area (Å²) in [6, 6.07) is 6.36.